The van der Waals surface area contributed by atoms with E-state index in [1.807, 2.05) is 54.6 Å². The Labute approximate surface area is 112 Å². The fourth-order valence-corrected chi connectivity index (χ4v) is 2.37. The third kappa shape index (κ3) is 2.17. The van der Waals surface area contributed by atoms with Gasteiger partial charge in [-0.05, 0) is 29.3 Å². The first-order valence-corrected chi connectivity index (χ1v) is 6.25. The normalized spacial score (nSPS) is 15.6. The van der Waals surface area contributed by atoms with Gasteiger partial charge in [-0.3, -0.25) is 4.79 Å². The van der Waals surface area contributed by atoms with Crippen molar-refractivity contribution in [2.24, 2.45) is 0 Å². The quantitative estimate of drug-likeness (QED) is 0.762. The third-order valence-corrected chi connectivity index (χ3v) is 3.37. The van der Waals surface area contributed by atoms with Crippen LogP contribution in [0.15, 0.2) is 54.1 Å². The van der Waals surface area contributed by atoms with Crippen molar-refractivity contribution in [2.75, 3.05) is 7.11 Å². The van der Waals surface area contributed by atoms with Crippen LogP contribution in [0.5, 0.6) is 5.75 Å². The lowest BCUT2D eigenvalue weighted by Crippen LogP contribution is -1.95. The number of fused-ring (bicyclic) bond motifs is 1. The predicted molar refractivity (Wildman–Crippen MR) is 75.4 cm³/mol. The fourth-order valence-electron chi connectivity index (χ4n) is 2.37. The zero-order valence-corrected chi connectivity index (χ0v) is 10.7. The van der Waals surface area contributed by atoms with E-state index in [-0.39, 0.29) is 5.78 Å². The molecule has 0 heterocycles. The van der Waals surface area contributed by atoms with Crippen LogP contribution in [-0.4, -0.2) is 12.9 Å². The van der Waals surface area contributed by atoms with Crippen LogP contribution in [0, 0.1) is 0 Å². The van der Waals surface area contributed by atoms with Gasteiger partial charge in [-0.1, -0.05) is 36.4 Å². The number of hydrogen-bond acceptors (Lipinski definition) is 2. The summed E-state index contributed by atoms with van der Waals surface area (Å²) in [5.41, 5.74) is 3.74. The van der Waals surface area contributed by atoms with Crippen molar-refractivity contribution in [1.82, 2.24) is 0 Å². The second kappa shape index (κ2) is 4.73. The minimum Gasteiger partial charge on any atom is -0.497 e. The molecule has 0 unspecified atom stereocenters. The van der Waals surface area contributed by atoms with Gasteiger partial charge in [-0.15, -0.1) is 0 Å². The Balaban J connectivity index is 1.97. The van der Waals surface area contributed by atoms with E-state index in [4.69, 9.17) is 4.74 Å². The zero-order valence-electron chi connectivity index (χ0n) is 10.7. The van der Waals surface area contributed by atoms with Crippen LogP contribution in [0.2, 0.25) is 0 Å². The lowest BCUT2D eigenvalue weighted by Gasteiger charge is -2.01. The molecule has 2 aromatic carbocycles. The highest BCUT2D eigenvalue weighted by molar-refractivity contribution is 6.15. The molecule has 0 atom stereocenters. The first kappa shape index (κ1) is 11.7. The number of carbonyl (C=O) groups excluding carboxylic acids is 1. The lowest BCUT2D eigenvalue weighted by molar-refractivity contribution is 0.104. The molecule has 0 aromatic heterocycles. The monoisotopic (exact) mass is 250 g/mol. The minimum absolute atomic E-state index is 0.109. The van der Waals surface area contributed by atoms with Gasteiger partial charge >= 0.3 is 0 Å². The molecule has 0 amide bonds. The summed E-state index contributed by atoms with van der Waals surface area (Å²) in [6.07, 6.45) is 2.67. The van der Waals surface area contributed by atoms with E-state index in [0.717, 1.165) is 28.0 Å². The third-order valence-electron chi connectivity index (χ3n) is 3.37. The molecule has 0 fully saturated rings. The van der Waals surface area contributed by atoms with Gasteiger partial charge in [0, 0.05) is 17.6 Å². The Morgan fingerprint density at radius 3 is 2.63 bits per heavy atom. The molecule has 2 aromatic rings. The van der Waals surface area contributed by atoms with Crippen molar-refractivity contribution >= 4 is 11.9 Å². The largest absolute Gasteiger partial charge is 0.497 e. The average Bonchev–Trinajstić information content (AvgIpc) is 2.76. The van der Waals surface area contributed by atoms with E-state index >= 15 is 0 Å². The topological polar surface area (TPSA) is 26.3 Å². The number of ketones is 1. The average molecular weight is 250 g/mol. The van der Waals surface area contributed by atoms with Crippen molar-refractivity contribution in [3.8, 4) is 5.75 Å². The number of Topliss-reactive ketones (excluding diaryl/α,β-unsaturated/α-hetero) is 1. The lowest BCUT2D eigenvalue weighted by atomic mass is 10.1. The summed E-state index contributed by atoms with van der Waals surface area (Å²) >= 11 is 0. The molecule has 0 saturated carbocycles. The van der Waals surface area contributed by atoms with Crippen molar-refractivity contribution < 1.29 is 9.53 Å². The van der Waals surface area contributed by atoms with Crippen LogP contribution in [0.4, 0.5) is 0 Å². The zero-order chi connectivity index (χ0) is 13.2. The summed E-state index contributed by atoms with van der Waals surface area (Å²) in [5, 5.41) is 0. The Bertz CT molecular complexity index is 654. The van der Waals surface area contributed by atoms with Crippen molar-refractivity contribution in [2.45, 2.75) is 6.42 Å². The molecule has 1 aliphatic carbocycles. The van der Waals surface area contributed by atoms with E-state index in [9.17, 15) is 4.79 Å². The van der Waals surface area contributed by atoms with Gasteiger partial charge in [0.2, 0.25) is 0 Å². The number of allylic oxidation sites excluding steroid dienone is 1. The molecule has 0 aliphatic heterocycles. The van der Waals surface area contributed by atoms with E-state index in [1.165, 1.54) is 0 Å². The second-order valence-corrected chi connectivity index (χ2v) is 4.61. The van der Waals surface area contributed by atoms with Gasteiger partial charge in [0.15, 0.2) is 5.78 Å². The van der Waals surface area contributed by atoms with E-state index < -0.39 is 0 Å². The molecule has 2 nitrogen and oxygen atoms in total. The summed E-state index contributed by atoms with van der Waals surface area (Å²) in [7, 11) is 1.61. The molecule has 0 bridgehead atoms. The van der Waals surface area contributed by atoms with E-state index in [2.05, 4.69) is 0 Å². The maximum atomic E-state index is 12.3. The standard InChI is InChI=1S/C17H14O2/c1-19-15-8-7-13-10-14(17(18)16(13)11-15)9-12-5-3-2-4-6-12/h2-9,11H,10H2,1H3/b14-9-. The van der Waals surface area contributed by atoms with Gasteiger partial charge in [0.25, 0.3) is 0 Å². The van der Waals surface area contributed by atoms with Gasteiger partial charge in [-0.25, -0.2) is 0 Å². The number of benzene rings is 2. The van der Waals surface area contributed by atoms with Gasteiger partial charge < -0.3 is 4.74 Å². The molecular weight excluding hydrogens is 236 g/mol. The van der Waals surface area contributed by atoms with E-state index in [1.54, 1.807) is 7.11 Å². The highest BCUT2D eigenvalue weighted by Crippen LogP contribution is 2.30. The van der Waals surface area contributed by atoms with Crippen molar-refractivity contribution in [3.63, 3.8) is 0 Å². The first-order valence-electron chi connectivity index (χ1n) is 6.25. The highest BCUT2D eigenvalue weighted by atomic mass is 16.5. The summed E-state index contributed by atoms with van der Waals surface area (Å²) in [6, 6.07) is 15.6. The maximum Gasteiger partial charge on any atom is 0.189 e. The number of rotatable bonds is 2. The molecule has 0 saturated heterocycles. The van der Waals surface area contributed by atoms with Crippen LogP contribution in [0.25, 0.3) is 6.08 Å². The Morgan fingerprint density at radius 2 is 1.89 bits per heavy atom. The fraction of sp³-hybridized carbons (Fsp3) is 0.118. The predicted octanol–water partition coefficient (Wildman–Crippen LogP) is 3.52. The maximum absolute atomic E-state index is 12.3. The molecular formula is C17H14O2. The van der Waals surface area contributed by atoms with E-state index in [0.29, 0.717) is 6.42 Å². The van der Waals surface area contributed by atoms with Crippen molar-refractivity contribution in [3.05, 3.63) is 70.8 Å². The molecule has 3 rings (SSSR count). The van der Waals surface area contributed by atoms with Crippen molar-refractivity contribution in [1.29, 1.82) is 0 Å². The Morgan fingerprint density at radius 1 is 1.11 bits per heavy atom. The van der Waals surface area contributed by atoms with Gasteiger partial charge in [-0.2, -0.15) is 0 Å². The molecule has 0 radical (unpaired) electrons. The number of methoxy groups -OCH3 is 1. The summed E-state index contributed by atoms with van der Waals surface area (Å²) in [5.74, 6) is 0.839. The molecule has 94 valence electrons. The highest BCUT2D eigenvalue weighted by Gasteiger charge is 2.24. The van der Waals surface area contributed by atoms with Crippen LogP contribution in [0.3, 0.4) is 0 Å². The van der Waals surface area contributed by atoms with Crippen LogP contribution in [0.1, 0.15) is 21.5 Å². The van der Waals surface area contributed by atoms with Gasteiger partial charge in [0.05, 0.1) is 7.11 Å². The van der Waals surface area contributed by atoms with Crippen LogP contribution in [-0.2, 0) is 6.42 Å². The second-order valence-electron chi connectivity index (χ2n) is 4.61. The smallest absolute Gasteiger partial charge is 0.189 e. The summed E-state index contributed by atoms with van der Waals surface area (Å²) in [6.45, 7) is 0. The minimum atomic E-state index is 0.109. The number of hydrogen-bond donors (Lipinski definition) is 0. The van der Waals surface area contributed by atoms with Crippen LogP contribution >= 0.6 is 0 Å². The first-order chi connectivity index (χ1) is 9.28. The molecule has 2 heteroatoms. The molecule has 19 heavy (non-hydrogen) atoms. The Kier molecular flexibility index (Phi) is 2.92. The summed E-state index contributed by atoms with van der Waals surface area (Å²) in [4.78, 5) is 12.3. The summed E-state index contributed by atoms with van der Waals surface area (Å²) < 4.78 is 5.17. The molecule has 0 spiro atoms. The number of ether oxygens (including phenoxy) is 1. The number of carbonyl (C=O) groups is 1. The van der Waals surface area contributed by atoms with Crippen LogP contribution < -0.4 is 4.74 Å². The van der Waals surface area contributed by atoms with Gasteiger partial charge in [0.1, 0.15) is 5.75 Å². The molecule has 1 aliphatic rings. The SMILES string of the molecule is COc1ccc2c(c1)C(=O)/C(=C\c1ccccc1)C2. The molecule has 0 N–H and O–H groups in total. The Hall–Kier alpha value is -2.35.